The van der Waals surface area contributed by atoms with E-state index in [1.165, 1.54) is 28.2 Å². The molecule has 1 aromatic carbocycles. The molecule has 0 saturated carbocycles. The smallest absolute Gasteiger partial charge is 0.262 e. The lowest BCUT2D eigenvalue weighted by Gasteiger charge is -2.30. The van der Waals surface area contributed by atoms with E-state index in [9.17, 15) is 13.2 Å². The Morgan fingerprint density at radius 3 is 2.97 bits per heavy atom. The van der Waals surface area contributed by atoms with Crippen LogP contribution >= 0.6 is 11.3 Å². The first kappa shape index (κ1) is 20.0. The van der Waals surface area contributed by atoms with Gasteiger partial charge in [0, 0.05) is 25.8 Å². The first-order valence-electron chi connectivity index (χ1n) is 9.57. The van der Waals surface area contributed by atoms with Gasteiger partial charge in [0.05, 0.1) is 22.5 Å². The summed E-state index contributed by atoms with van der Waals surface area (Å²) in [6, 6.07) is 5.95. The molecule has 0 bridgehead atoms. The van der Waals surface area contributed by atoms with Crippen LogP contribution in [0, 0.1) is 12.8 Å². The molecular formula is C19H23N5O3S2. The molecule has 0 aliphatic carbocycles. The fourth-order valence-electron chi connectivity index (χ4n) is 3.45. The Hall–Kier alpha value is -2.30. The van der Waals surface area contributed by atoms with E-state index in [-0.39, 0.29) is 17.5 Å². The standard InChI is InChI=1S/C19H23N5O3S2/c1-3-23-11-17(20-12-23)29(26,27)24-8-4-5-14(10-24)18(25)22-19-21-15-7-6-13(2)9-16(15)28-19/h6-7,9,11-12,14H,3-5,8,10H2,1-2H3,(H,21,22,25). The van der Waals surface area contributed by atoms with Crippen molar-refractivity contribution in [3.63, 3.8) is 0 Å². The van der Waals surface area contributed by atoms with Gasteiger partial charge in [-0.2, -0.15) is 4.31 Å². The first-order valence-corrected chi connectivity index (χ1v) is 11.8. The quantitative estimate of drug-likeness (QED) is 0.667. The average Bonchev–Trinajstić information content (AvgIpc) is 3.34. The number of hydrogen-bond donors (Lipinski definition) is 1. The van der Waals surface area contributed by atoms with Gasteiger partial charge in [-0.15, -0.1) is 0 Å². The largest absolute Gasteiger partial charge is 0.336 e. The van der Waals surface area contributed by atoms with E-state index in [0.717, 1.165) is 15.8 Å². The minimum absolute atomic E-state index is 0.0296. The molecule has 2 aromatic heterocycles. The maximum Gasteiger partial charge on any atom is 0.262 e. The lowest BCUT2D eigenvalue weighted by atomic mass is 9.99. The summed E-state index contributed by atoms with van der Waals surface area (Å²) >= 11 is 1.42. The second-order valence-corrected chi connectivity index (χ2v) is 10.1. The van der Waals surface area contributed by atoms with Crippen LogP contribution in [0.1, 0.15) is 25.3 Å². The van der Waals surface area contributed by atoms with Crippen LogP contribution in [-0.4, -0.2) is 46.3 Å². The molecule has 1 aliphatic heterocycles. The Kier molecular flexibility index (Phi) is 5.41. The van der Waals surface area contributed by atoms with E-state index in [1.807, 2.05) is 32.0 Å². The van der Waals surface area contributed by atoms with Crippen LogP contribution < -0.4 is 5.32 Å². The monoisotopic (exact) mass is 433 g/mol. The number of thiazole rings is 1. The summed E-state index contributed by atoms with van der Waals surface area (Å²) in [4.78, 5) is 21.3. The van der Waals surface area contributed by atoms with E-state index in [1.54, 1.807) is 4.57 Å². The molecule has 1 amide bonds. The highest BCUT2D eigenvalue weighted by Gasteiger charge is 2.34. The topological polar surface area (TPSA) is 97.2 Å². The second kappa shape index (κ2) is 7.85. The maximum atomic E-state index is 12.9. The number of amides is 1. The molecule has 4 rings (SSSR count). The number of rotatable bonds is 5. The van der Waals surface area contributed by atoms with Gasteiger partial charge in [0.25, 0.3) is 10.0 Å². The van der Waals surface area contributed by atoms with Gasteiger partial charge in [0.1, 0.15) is 0 Å². The number of fused-ring (bicyclic) bond motifs is 1. The number of carbonyl (C=O) groups excluding carboxylic acids is 1. The third kappa shape index (κ3) is 4.05. The molecule has 1 unspecified atom stereocenters. The van der Waals surface area contributed by atoms with Crippen LogP contribution in [0.15, 0.2) is 35.7 Å². The van der Waals surface area contributed by atoms with Crippen molar-refractivity contribution in [2.75, 3.05) is 18.4 Å². The van der Waals surface area contributed by atoms with Crippen LogP contribution in [0.5, 0.6) is 0 Å². The Morgan fingerprint density at radius 1 is 1.38 bits per heavy atom. The Morgan fingerprint density at radius 2 is 2.21 bits per heavy atom. The van der Waals surface area contributed by atoms with Gasteiger partial charge < -0.3 is 9.88 Å². The fraction of sp³-hybridized carbons (Fsp3) is 0.421. The van der Waals surface area contributed by atoms with Crippen molar-refractivity contribution in [2.24, 2.45) is 5.92 Å². The molecule has 3 heterocycles. The van der Waals surface area contributed by atoms with Crippen molar-refractivity contribution in [1.29, 1.82) is 0 Å². The van der Waals surface area contributed by atoms with E-state index in [4.69, 9.17) is 0 Å². The molecule has 1 N–H and O–H groups in total. The average molecular weight is 434 g/mol. The number of nitrogens with one attached hydrogen (secondary N) is 1. The van der Waals surface area contributed by atoms with Crippen molar-refractivity contribution < 1.29 is 13.2 Å². The zero-order valence-electron chi connectivity index (χ0n) is 16.3. The Labute approximate surface area is 173 Å². The van der Waals surface area contributed by atoms with Crippen LogP contribution in [-0.2, 0) is 21.4 Å². The minimum atomic E-state index is -3.71. The molecule has 3 aromatic rings. The number of benzene rings is 1. The molecule has 1 atom stereocenters. The number of carbonyl (C=O) groups is 1. The van der Waals surface area contributed by atoms with Crippen molar-refractivity contribution in [2.45, 2.75) is 38.3 Å². The molecule has 0 spiro atoms. The van der Waals surface area contributed by atoms with E-state index in [2.05, 4.69) is 15.3 Å². The third-order valence-corrected chi connectivity index (χ3v) is 7.79. The van der Waals surface area contributed by atoms with Gasteiger partial charge in [-0.25, -0.2) is 18.4 Å². The Bertz CT molecular complexity index is 1150. The summed E-state index contributed by atoms with van der Waals surface area (Å²) in [6.45, 7) is 5.12. The maximum absolute atomic E-state index is 12.9. The fourth-order valence-corrected chi connectivity index (χ4v) is 5.87. The summed E-state index contributed by atoms with van der Waals surface area (Å²) in [5, 5.41) is 3.44. The summed E-state index contributed by atoms with van der Waals surface area (Å²) in [5.74, 6) is -0.611. The lowest BCUT2D eigenvalue weighted by Crippen LogP contribution is -2.43. The predicted molar refractivity (Wildman–Crippen MR) is 112 cm³/mol. The number of hydrogen-bond acceptors (Lipinski definition) is 6. The van der Waals surface area contributed by atoms with Gasteiger partial charge in [-0.1, -0.05) is 17.4 Å². The highest BCUT2D eigenvalue weighted by molar-refractivity contribution is 7.89. The normalized spacial score (nSPS) is 18.2. The summed E-state index contributed by atoms with van der Waals surface area (Å²) in [7, 11) is -3.71. The number of piperidine rings is 1. The van der Waals surface area contributed by atoms with Crippen LogP contribution in [0.2, 0.25) is 0 Å². The number of nitrogens with zero attached hydrogens (tertiary/aromatic N) is 4. The number of sulfonamides is 1. The van der Waals surface area contributed by atoms with Crippen molar-refractivity contribution in [3.05, 3.63) is 36.3 Å². The first-order chi connectivity index (χ1) is 13.9. The van der Waals surface area contributed by atoms with Crippen molar-refractivity contribution in [1.82, 2.24) is 18.8 Å². The van der Waals surface area contributed by atoms with Gasteiger partial charge >= 0.3 is 0 Å². The molecule has 29 heavy (non-hydrogen) atoms. The van der Waals surface area contributed by atoms with Crippen molar-refractivity contribution in [3.8, 4) is 0 Å². The minimum Gasteiger partial charge on any atom is -0.336 e. The van der Waals surface area contributed by atoms with E-state index < -0.39 is 15.9 Å². The summed E-state index contributed by atoms with van der Waals surface area (Å²) in [5.41, 5.74) is 1.98. The molecule has 1 fully saturated rings. The summed E-state index contributed by atoms with van der Waals surface area (Å²) in [6.07, 6.45) is 4.31. The van der Waals surface area contributed by atoms with E-state index in [0.29, 0.717) is 31.1 Å². The third-order valence-electron chi connectivity index (χ3n) is 5.11. The SMILES string of the molecule is CCn1cnc(S(=O)(=O)N2CCCC(C(=O)Nc3nc4ccc(C)cc4s3)C2)c1. The predicted octanol–water partition coefficient (Wildman–Crippen LogP) is 2.86. The molecule has 154 valence electrons. The van der Waals surface area contributed by atoms with Crippen molar-refractivity contribution >= 4 is 42.6 Å². The van der Waals surface area contributed by atoms with Gasteiger partial charge in [0.2, 0.25) is 5.91 Å². The van der Waals surface area contributed by atoms with Gasteiger partial charge in [-0.05, 0) is 44.4 Å². The molecular weight excluding hydrogens is 410 g/mol. The highest BCUT2D eigenvalue weighted by Crippen LogP contribution is 2.28. The van der Waals surface area contributed by atoms with Crippen LogP contribution in [0.3, 0.4) is 0 Å². The van der Waals surface area contributed by atoms with Crippen LogP contribution in [0.25, 0.3) is 10.2 Å². The lowest BCUT2D eigenvalue weighted by molar-refractivity contribution is -0.120. The zero-order chi connectivity index (χ0) is 20.6. The zero-order valence-corrected chi connectivity index (χ0v) is 18.0. The Balaban J connectivity index is 1.47. The molecule has 1 saturated heterocycles. The molecule has 8 nitrogen and oxygen atoms in total. The van der Waals surface area contributed by atoms with Gasteiger partial charge in [0.15, 0.2) is 10.2 Å². The number of anilines is 1. The molecule has 10 heteroatoms. The number of aryl methyl sites for hydroxylation is 2. The van der Waals surface area contributed by atoms with E-state index >= 15 is 0 Å². The number of aromatic nitrogens is 3. The second-order valence-electron chi connectivity index (χ2n) is 7.22. The summed E-state index contributed by atoms with van der Waals surface area (Å²) < 4.78 is 29.9. The highest BCUT2D eigenvalue weighted by atomic mass is 32.2. The molecule has 1 aliphatic rings. The van der Waals surface area contributed by atoms with Crippen LogP contribution in [0.4, 0.5) is 5.13 Å². The molecule has 0 radical (unpaired) electrons. The van der Waals surface area contributed by atoms with Gasteiger partial charge in [-0.3, -0.25) is 4.79 Å². The number of imidazole rings is 1.